The van der Waals surface area contributed by atoms with Crippen LogP contribution in [-0.2, 0) is 9.53 Å². The predicted molar refractivity (Wildman–Crippen MR) is 80.7 cm³/mol. The van der Waals surface area contributed by atoms with E-state index in [-0.39, 0.29) is 5.97 Å². The van der Waals surface area contributed by atoms with Crippen molar-refractivity contribution in [3.05, 3.63) is 23.3 Å². The number of esters is 1. The number of ether oxygens (including phenoxy) is 1. The summed E-state index contributed by atoms with van der Waals surface area (Å²) in [6, 6.07) is 0. The molecule has 0 rings (SSSR count). The molecular weight excluding hydrogens is 236 g/mol. The van der Waals surface area contributed by atoms with Crippen molar-refractivity contribution in [2.45, 2.75) is 65.9 Å². The van der Waals surface area contributed by atoms with Crippen LogP contribution >= 0.6 is 0 Å². The second-order valence-electron chi connectivity index (χ2n) is 5.38. The summed E-state index contributed by atoms with van der Waals surface area (Å²) in [7, 11) is 0. The molecule has 0 aliphatic heterocycles. The van der Waals surface area contributed by atoms with Gasteiger partial charge in [0.1, 0.15) is 0 Å². The van der Waals surface area contributed by atoms with E-state index < -0.39 is 5.60 Å². The third kappa shape index (κ3) is 9.13. The fraction of sp³-hybridized carbons (Fsp3) is 0.588. The standard InChI is InChI=1S/C17H26O2/c1-7-17(6,19-16(5)18)13-9-12-15(4)11-8-10-14(2)3/h1,10,12H,8-9,11,13H2,2-6H3. The first-order valence-electron chi connectivity index (χ1n) is 6.75. The highest BCUT2D eigenvalue weighted by atomic mass is 16.6. The quantitative estimate of drug-likeness (QED) is 0.386. The smallest absolute Gasteiger partial charge is 0.304 e. The Morgan fingerprint density at radius 2 is 1.84 bits per heavy atom. The highest BCUT2D eigenvalue weighted by Gasteiger charge is 2.23. The topological polar surface area (TPSA) is 26.3 Å². The van der Waals surface area contributed by atoms with Crippen LogP contribution in [0.5, 0.6) is 0 Å². The Bertz CT molecular complexity index is 392. The van der Waals surface area contributed by atoms with Crippen LogP contribution in [0.3, 0.4) is 0 Å². The normalized spacial score (nSPS) is 14.2. The average Bonchev–Trinajstić information content (AvgIpc) is 2.27. The molecule has 0 aromatic rings. The van der Waals surface area contributed by atoms with Crippen molar-refractivity contribution in [2.24, 2.45) is 0 Å². The van der Waals surface area contributed by atoms with Gasteiger partial charge in [-0.25, -0.2) is 0 Å². The van der Waals surface area contributed by atoms with Gasteiger partial charge in [-0.05, 0) is 47.0 Å². The Balaban J connectivity index is 4.21. The largest absolute Gasteiger partial charge is 0.446 e. The van der Waals surface area contributed by atoms with Crippen LogP contribution in [0.4, 0.5) is 0 Å². The lowest BCUT2D eigenvalue weighted by Crippen LogP contribution is -2.28. The molecule has 0 saturated carbocycles. The van der Waals surface area contributed by atoms with E-state index in [1.807, 2.05) is 0 Å². The van der Waals surface area contributed by atoms with Gasteiger partial charge in [0, 0.05) is 13.3 Å². The summed E-state index contributed by atoms with van der Waals surface area (Å²) in [4.78, 5) is 11.0. The lowest BCUT2D eigenvalue weighted by Gasteiger charge is -2.22. The summed E-state index contributed by atoms with van der Waals surface area (Å²) in [6.45, 7) is 9.50. The molecule has 106 valence electrons. The molecule has 0 aromatic heterocycles. The Morgan fingerprint density at radius 3 is 2.32 bits per heavy atom. The Labute approximate surface area is 117 Å². The van der Waals surface area contributed by atoms with E-state index in [1.54, 1.807) is 6.92 Å². The van der Waals surface area contributed by atoms with Crippen LogP contribution in [0.25, 0.3) is 0 Å². The summed E-state index contributed by atoms with van der Waals surface area (Å²) >= 11 is 0. The number of allylic oxidation sites excluding steroid dienone is 4. The summed E-state index contributed by atoms with van der Waals surface area (Å²) in [5.74, 6) is 2.23. The molecule has 2 nitrogen and oxygen atoms in total. The Morgan fingerprint density at radius 1 is 1.21 bits per heavy atom. The van der Waals surface area contributed by atoms with E-state index in [9.17, 15) is 4.79 Å². The van der Waals surface area contributed by atoms with Crippen LogP contribution < -0.4 is 0 Å². The van der Waals surface area contributed by atoms with Gasteiger partial charge in [0.15, 0.2) is 5.60 Å². The van der Waals surface area contributed by atoms with Gasteiger partial charge in [-0.2, -0.15) is 0 Å². The molecule has 0 heterocycles. The molecule has 0 radical (unpaired) electrons. The molecule has 2 heteroatoms. The number of carbonyl (C=O) groups excluding carboxylic acids is 1. The SMILES string of the molecule is C#CC(C)(CCC=C(C)CCC=C(C)C)OC(C)=O. The van der Waals surface area contributed by atoms with E-state index in [4.69, 9.17) is 11.2 Å². The van der Waals surface area contributed by atoms with Crippen LogP contribution in [0.2, 0.25) is 0 Å². The maximum atomic E-state index is 11.0. The fourth-order valence-corrected chi connectivity index (χ4v) is 1.75. The lowest BCUT2D eigenvalue weighted by atomic mass is 9.99. The molecule has 0 N–H and O–H groups in total. The molecule has 0 spiro atoms. The number of terminal acetylenes is 1. The zero-order chi connectivity index (χ0) is 14.9. The van der Waals surface area contributed by atoms with Crippen molar-refractivity contribution in [1.29, 1.82) is 0 Å². The van der Waals surface area contributed by atoms with Gasteiger partial charge < -0.3 is 4.74 Å². The minimum atomic E-state index is -0.789. The molecule has 0 fully saturated rings. The van der Waals surface area contributed by atoms with Gasteiger partial charge >= 0.3 is 5.97 Å². The fourth-order valence-electron chi connectivity index (χ4n) is 1.75. The molecule has 0 amide bonds. The van der Waals surface area contributed by atoms with Gasteiger partial charge in [-0.3, -0.25) is 4.79 Å². The highest BCUT2D eigenvalue weighted by Crippen LogP contribution is 2.18. The number of hydrogen-bond acceptors (Lipinski definition) is 2. The van der Waals surface area contributed by atoms with Crippen molar-refractivity contribution in [2.75, 3.05) is 0 Å². The second-order valence-corrected chi connectivity index (χ2v) is 5.38. The van der Waals surface area contributed by atoms with Gasteiger partial charge in [-0.1, -0.05) is 29.2 Å². The first-order chi connectivity index (χ1) is 8.79. The molecular formula is C17H26O2. The van der Waals surface area contributed by atoms with Crippen molar-refractivity contribution in [1.82, 2.24) is 0 Å². The summed E-state index contributed by atoms with van der Waals surface area (Å²) in [6.07, 6.45) is 13.5. The van der Waals surface area contributed by atoms with Gasteiger partial charge in [-0.15, -0.1) is 6.42 Å². The van der Waals surface area contributed by atoms with E-state index in [0.717, 1.165) is 19.3 Å². The van der Waals surface area contributed by atoms with Gasteiger partial charge in [0.05, 0.1) is 0 Å². The number of carbonyl (C=O) groups is 1. The maximum Gasteiger partial charge on any atom is 0.304 e. The molecule has 0 saturated heterocycles. The van der Waals surface area contributed by atoms with Crippen LogP contribution in [0, 0.1) is 12.3 Å². The molecule has 0 aromatic carbocycles. The van der Waals surface area contributed by atoms with E-state index >= 15 is 0 Å². The van der Waals surface area contributed by atoms with E-state index in [1.165, 1.54) is 18.1 Å². The zero-order valence-corrected chi connectivity index (χ0v) is 12.9. The summed E-state index contributed by atoms with van der Waals surface area (Å²) < 4.78 is 5.17. The molecule has 0 aliphatic rings. The van der Waals surface area contributed by atoms with Gasteiger partial charge in [0.25, 0.3) is 0 Å². The van der Waals surface area contributed by atoms with Gasteiger partial charge in [0.2, 0.25) is 0 Å². The van der Waals surface area contributed by atoms with Crippen molar-refractivity contribution >= 4 is 5.97 Å². The third-order valence-corrected chi connectivity index (χ3v) is 2.88. The first kappa shape index (κ1) is 17.5. The van der Waals surface area contributed by atoms with Crippen LogP contribution in [0.15, 0.2) is 23.3 Å². The average molecular weight is 262 g/mol. The van der Waals surface area contributed by atoms with E-state index in [2.05, 4.69) is 38.8 Å². The monoisotopic (exact) mass is 262 g/mol. The third-order valence-electron chi connectivity index (χ3n) is 2.88. The Hall–Kier alpha value is -1.49. The lowest BCUT2D eigenvalue weighted by molar-refractivity contribution is -0.150. The maximum absolute atomic E-state index is 11.0. The van der Waals surface area contributed by atoms with Crippen LogP contribution in [0.1, 0.15) is 60.3 Å². The second kappa shape index (κ2) is 8.58. The number of hydrogen-bond donors (Lipinski definition) is 0. The highest BCUT2D eigenvalue weighted by molar-refractivity contribution is 5.67. The Kier molecular flexibility index (Phi) is 7.91. The molecule has 0 bridgehead atoms. The molecule has 1 unspecified atom stereocenters. The van der Waals surface area contributed by atoms with Crippen molar-refractivity contribution in [3.63, 3.8) is 0 Å². The zero-order valence-electron chi connectivity index (χ0n) is 12.9. The minimum Gasteiger partial charge on any atom is -0.446 e. The van der Waals surface area contributed by atoms with Crippen molar-refractivity contribution < 1.29 is 9.53 Å². The predicted octanol–water partition coefficient (Wildman–Crippen LogP) is 4.41. The minimum absolute atomic E-state index is 0.329. The summed E-state index contributed by atoms with van der Waals surface area (Å²) in [5, 5.41) is 0. The molecule has 1 atom stereocenters. The molecule has 0 aliphatic carbocycles. The van der Waals surface area contributed by atoms with Crippen molar-refractivity contribution in [3.8, 4) is 12.3 Å². The van der Waals surface area contributed by atoms with E-state index in [0.29, 0.717) is 6.42 Å². The first-order valence-corrected chi connectivity index (χ1v) is 6.75. The molecule has 19 heavy (non-hydrogen) atoms. The van der Waals surface area contributed by atoms with Crippen LogP contribution in [-0.4, -0.2) is 11.6 Å². The number of rotatable bonds is 7. The summed E-state index contributed by atoms with van der Waals surface area (Å²) in [5.41, 5.74) is 1.91.